The maximum atomic E-state index is 14.5. The monoisotopic (exact) mass is 507 g/mol. The SMILES string of the molecule is COc1ccc(C#Cc2c(N)ncnc2NCCc2nc3c(F)cccc3c(=O)n2-c2ccccc2)nc1. The van der Waals surface area contributed by atoms with Gasteiger partial charge < -0.3 is 15.8 Å². The maximum Gasteiger partial charge on any atom is 0.266 e. The molecule has 0 atom stereocenters. The van der Waals surface area contributed by atoms with Crippen LogP contribution < -0.4 is 21.3 Å². The summed E-state index contributed by atoms with van der Waals surface area (Å²) >= 11 is 0. The summed E-state index contributed by atoms with van der Waals surface area (Å²) in [6, 6.07) is 17.0. The molecule has 9 nitrogen and oxygen atoms in total. The summed E-state index contributed by atoms with van der Waals surface area (Å²) in [5.41, 5.74) is 7.33. The van der Waals surface area contributed by atoms with Crippen molar-refractivity contribution in [1.29, 1.82) is 0 Å². The highest BCUT2D eigenvalue weighted by molar-refractivity contribution is 5.78. The molecule has 0 amide bonds. The number of nitrogens with two attached hydrogens (primary N) is 1. The number of methoxy groups -OCH3 is 1. The molecule has 0 unspecified atom stereocenters. The number of halogens is 1. The maximum absolute atomic E-state index is 14.5. The van der Waals surface area contributed by atoms with E-state index in [4.69, 9.17) is 10.5 Å². The van der Waals surface area contributed by atoms with Crippen LogP contribution in [0.25, 0.3) is 16.6 Å². The Morgan fingerprint density at radius 3 is 2.63 bits per heavy atom. The first-order valence-corrected chi connectivity index (χ1v) is 11.7. The van der Waals surface area contributed by atoms with Gasteiger partial charge in [-0.2, -0.15) is 0 Å². The number of hydrogen-bond acceptors (Lipinski definition) is 8. The van der Waals surface area contributed by atoms with Crippen LogP contribution in [0.15, 0.2) is 78.0 Å². The van der Waals surface area contributed by atoms with Crippen molar-refractivity contribution in [2.45, 2.75) is 6.42 Å². The molecule has 0 aliphatic heterocycles. The number of anilines is 2. The summed E-state index contributed by atoms with van der Waals surface area (Å²) in [6.07, 6.45) is 3.18. The zero-order valence-corrected chi connectivity index (χ0v) is 20.4. The number of para-hydroxylation sites is 2. The molecule has 10 heteroatoms. The minimum absolute atomic E-state index is 0.0320. The van der Waals surface area contributed by atoms with Crippen molar-refractivity contribution in [3.63, 3.8) is 0 Å². The summed E-state index contributed by atoms with van der Waals surface area (Å²) < 4.78 is 21.2. The zero-order chi connectivity index (χ0) is 26.5. The number of rotatable bonds is 6. The smallest absolute Gasteiger partial charge is 0.266 e. The third-order valence-corrected chi connectivity index (χ3v) is 5.74. The normalized spacial score (nSPS) is 10.6. The molecule has 0 saturated carbocycles. The first kappa shape index (κ1) is 24.4. The van der Waals surface area contributed by atoms with Crippen LogP contribution in [0.5, 0.6) is 5.75 Å². The minimum Gasteiger partial charge on any atom is -0.495 e. The third kappa shape index (κ3) is 4.99. The lowest BCUT2D eigenvalue weighted by atomic mass is 10.2. The van der Waals surface area contributed by atoms with Gasteiger partial charge in [-0.25, -0.2) is 24.3 Å². The van der Waals surface area contributed by atoms with Crippen molar-refractivity contribution < 1.29 is 9.13 Å². The molecule has 0 radical (unpaired) electrons. The molecule has 5 rings (SSSR count). The van der Waals surface area contributed by atoms with Gasteiger partial charge in [0.1, 0.15) is 52.1 Å². The van der Waals surface area contributed by atoms with Crippen LogP contribution in [0.3, 0.4) is 0 Å². The minimum atomic E-state index is -0.553. The Labute approximate surface area is 217 Å². The topological polar surface area (TPSA) is 121 Å². The van der Waals surface area contributed by atoms with Crippen molar-refractivity contribution in [3.8, 4) is 23.3 Å². The second kappa shape index (κ2) is 10.8. The Bertz CT molecular complexity index is 1730. The van der Waals surface area contributed by atoms with Crippen LogP contribution in [-0.4, -0.2) is 38.2 Å². The van der Waals surface area contributed by atoms with E-state index < -0.39 is 5.82 Å². The molecule has 0 spiro atoms. The van der Waals surface area contributed by atoms with Crippen molar-refractivity contribution in [3.05, 3.63) is 106 Å². The van der Waals surface area contributed by atoms with E-state index in [-0.39, 0.29) is 28.7 Å². The van der Waals surface area contributed by atoms with Crippen LogP contribution in [0.1, 0.15) is 17.1 Å². The van der Waals surface area contributed by atoms with Crippen LogP contribution in [0.4, 0.5) is 16.0 Å². The Hall–Kier alpha value is -5.30. The largest absolute Gasteiger partial charge is 0.495 e. The zero-order valence-electron chi connectivity index (χ0n) is 20.4. The Morgan fingerprint density at radius 2 is 1.87 bits per heavy atom. The van der Waals surface area contributed by atoms with Gasteiger partial charge in [-0.15, -0.1) is 0 Å². The average Bonchev–Trinajstić information content (AvgIpc) is 2.94. The average molecular weight is 508 g/mol. The molecule has 5 aromatic rings. The molecular formula is C28H22FN7O2. The molecule has 0 aliphatic carbocycles. The first-order valence-electron chi connectivity index (χ1n) is 11.7. The van der Waals surface area contributed by atoms with Crippen LogP contribution in [-0.2, 0) is 6.42 Å². The van der Waals surface area contributed by atoms with Crippen molar-refractivity contribution in [2.24, 2.45) is 0 Å². The lowest BCUT2D eigenvalue weighted by Crippen LogP contribution is -2.25. The van der Waals surface area contributed by atoms with Gasteiger partial charge in [0.2, 0.25) is 0 Å². The number of nitrogen functional groups attached to an aromatic ring is 1. The van der Waals surface area contributed by atoms with E-state index in [1.54, 1.807) is 43.6 Å². The quantitative estimate of drug-likeness (QED) is 0.336. The molecule has 188 valence electrons. The van der Waals surface area contributed by atoms with Crippen LogP contribution in [0.2, 0.25) is 0 Å². The summed E-state index contributed by atoms with van der Waals surface area (Å²) in [4.78, 5) is 30.4. The molecule has 0 fully saturated rings. The number of pyridine rings is 1. The molecule has 0 saturated heterocycles. The van der Waals surface area contributed by atoms with Gasteiger partial charge >= 0.3 is 0 Å². The van der Waals surface area contributed by atoms with Gasteiger partial charge in [0.05, 0.1) is 24.4 Å². The fourth-order valence-electron chi connectivity index (χ4n) is 3.88. The van der Waals surface area contributed by atoms with Gasteiger partial charge in [0, 0.05) is 13.0 Å². The lowest BCUT2D eigenvalue weighted by molar-refractivity contribution is 0.413. The molecule has 3 heterocycles. The van der Waals surface area contributed by atoms with Crippen LogP contribution in [0, 0.1) is 17.7 Å². The van der Waals surface area contributed by atoms with E-state index in [1.165, 1.54) is 23.0 Å². The van der Waals surface area contributed by atoms with E-state index >= 15 is 0 Å². The standard InChI is InChI=1S/C28H22FN7O2/c1-38-20-12-10-18(32-16-20)11-13-22-26(30)33-17-34-27(22)31-15-14-24-35-25-21(8-5-9-23(25)29)28(37)36(24)19-6-3-2-4-7-19/h2-10,12,16-17H,14-15H2,1H3,(H3,30,31,33,34). The molecule has 0 bridgehead atoms. The molecule has 3 aromatic heterocycles. The highest BCUT2D eigenvalue weighted by Gasteiger charge is 2.15. The number of fused-ring (bicyclic) bond motifs is 1. The summed E-state index contributed by atoms with van der Waals surface area (Å²) in [5, 5.41) is 3.40. The third-order valence-electron chi connectivity index (χ3n) is 5.74. The van der Waals surface area contributed by atoms with E-state index in [2.05, 4.69) is 37.1 Å². The van der Waals surface area contributed by atoms with Crippen molar-refractivity contribution in [2.75, 3.05) is 24.7 Å². The number of hydrogen-bond donors (Lipinski definition) is 2. The first-order chi connectivity index (χ1) is 18.5. The summed E-state index contributed by atoms with van der Waals surface area (Å²) in [7, 11) is 1.56. The Morgan fingerprint density at radius 1 is 1.03 bits per heavy atom. The fraction of sp³-hybridized carbons (Fsp3) is 0.107. The van der Waals surface area contributed by atoms with Gasteiger partial charge in [-0.1, -0.05) is 30.2 Å². The molecule has 2 aromatic carbocycles. The Balaban J connectivity index is 1.45. The highest BCUT2D eigenvalue weighted by Crippen LogP contribution is 2.18. The predicted octanol–water partition coefficient (Wildman–Crippen LogP) is 3.36. The van der Waals surface area contributed by atoms with Crippen LogP contribution >= 0.6 is 0 Å². The number of ether oxygens (including phenoxy) is 1. The predicted molar refractivity (Wildman–Crippen MR) is 143 cm³/mol. The van der Waals surface area contributed by atoms with Gasteiger partial charge in [0.15, 0.2) is 0 Å². The molecule has 38 heavy (non-hydrogen) atoms. The lowest BCUT2D eigenvalue weighted by Gasteiger charge is -2.15. The van der Waals surface area contributed by atoms with Crippen molar-refractivity contribution >= 4 is 22.5 Å². The fourth-order valence-corrected chi connectivity index (χ4v) is 3.88. The van der Waals surface area contributed by atoms with Crippen molar-refractivity contribution in [1.82, 2.24) is 24.5 Å². The number of aromatic nitrogens is 5. The van der Waals surface area contributed by atoms with E-state index in [1.807, 2.05) is 18.2 Å². The second-order valence-corrected chi connectivity index (χ2v) is 8.13. The number of nitrogens with zero attached hydrogens (tertiary/aromatic N) is 5. The van der Waals surface area contributed by atoms with E-state index in [9.17, 15) is 9.18 Å². The molecule has 0 aliphatic rings. The van der Waals surface area contributed by atoms with Gasteiger partial charge in [-0.05, 0) is 42.3 Å². The van der Waals surface area contributed by atoms with Gasteiger partial charge in [-0.3, -0.25) is 9.36 Å². The molecule has 3 N–H and O–H groups in total. The van der Waals surface area contributed by atoms with E-state index in [0.717, 1.165) is 0 Å². The Kier molecular flexibility index (Phi) is 6.91. The number of benzene rings is 2. The molecular weight excluding hydrogens is 485 g/mol. The highest BCUT2D eigenvalue weighted by atomic mass is 19.1. The van der Waals surface area contributed by atoms with E-state index in [0.29, 0.717) is 40.9 Å². The number of nitrogens with one attached hydrogen (secondary N) is 1. The van der Waals surface area contributed by atoms with Gasteiger partial charge in [0.25, 0.3) is 5.56 Å². The summed E-state index contributed by atoms with van der Waals surface area (Å²) in [5.74, 6) is 7.01. The summed E-state index contributed by atoms with van der Waals surface area (Å²) in [6.45, 7) is 0.311. The second-order valence-electron chi connectivity index (χ2n) is 8.13.